The molecule has 2 aromatic heterocycles. The first-order valence-electron chi connectivity index (χ1n) is 5.59. The first-order chi connectivity index (χ1) is 8.70. The number of halogens is 1. The molecule has 0 fully saturated rings. The molecule has 1 aromatic carbocycles. The van der Waals surface area contributed by atoms with Crippen LogP contribution in [0.2, 0.25) is 0 Å². The number of nitrogens with two attached hydrogens (primary N) is 1. The second kappa shape index (κ2) is 4.14. The minimum atomic E-state index is -0.261. The minimum absolute atomic E-state index is 0.261. The van der Waals surface area contributed by atoms with Crippen LogP contribution in [0.3, 0.4) is 0 Å². The summed E-state index contributed by atoms with van der Waals surface area (Å²) < 4.78 is 18.7. The van der Waals surface area contributed by atoms with Crippen molar-refractivity contribution >= 4 is 16.8 Å². The van der Waals surface area contributed by atoms with Crippen molar-refractivity contribution in [2.24, 2.45) is 0 Å². The number of nitrogens with zero attached hydrogens (tertiary/aromatic N) is 1. The largest absolute Gasteiger partial charge is 0.461 e. The average Bonchev–Trinajstić information content (AvgIpc) is 2.70. The van der Waals surface area contributed by atoms with Gasteiger partial charge < -0.3 is 10.2 Å². The molecule has 2 heterocycles. The van der Waals surface area contributed by atoms with Gasteiger partial charge in [-0.25, -0.2) is 9.37 Å². The number of benzene rings is 1. The lowest BCUT2D eigenvalue weighted by Crippen LogP contribution is -1.92. The molecule has 2 N–H and O–H groups in total. The maximum absolute atomic E-state index is 13.1. The highest BCUT2D eigenvalue weighted by Crippen LogP contribution is 2.22. The van der Waals surface area contributed by atoms with Gasteiger partial charge in [0.1, 0.15) is 23.0 Å². The smallest absolute Gasteiger partial charge is 0.134 e. The maximum Gasteiger partial charge on any atom is 0.134 e. The Morgan fingerprint density at radius 1 is 1.17 bits per heavy atom. The van der Waals surface area contributed by atoms with Gasteiger partial charge in [-0.1, -0.05) is 0 Å². The second-order valence-electron chi connectivity index (χ2n) is 4.16. The molecule has 0 radical (unpaired) electrons. The van der Waals surface area contributed by atoms with Crippen LogP contribution >= 0.6 is 0 Å². The number of rotatable bonds is 2. The van der Waals surface area contributed by atoms with Gasteiger partial charge in [-0.3, -0.25) is 0 Å². The topological polar surface area (TPSA) is 52.0 Å². The summed E-state index contributed by atoms with van der Waals surface area (Å²) in [5.41, 5.74) is 7.32. The lowest BCUT2D eigenvalue weighted by Gasteiger charge is -1.98. The van der Waals surface area contributed by atoms with Gasteiger partial charge in [-0.05, 0) is 42.0 Å². The van der Waals surface area contributed by atoms with Crippen LogP contribution in [0.15, 0.2) is 47.0 Å². The van der Waals surface area contributed by atoms with Crippen LogP contribution in [0.5, 0.6) is 0 Å². The lowest BCUT2D eigenvalue weighted by molar-refractivity contribution is 0.561. The van der Waals surface area contributed by atoms with E-state index in [0.29, 0.717) is 17.8 Å². The molecule has 0 spiro atoms. The van der Waals surface area contributed by atoms with E-state index < -0.39 is 0 Å². The molecule has 0 saturated heterocycles. The van der Waals surface area contributed by atoms with Gasteiger partial charge in [0, 0.05) is 18.0 Å². The van der Waals surface area contributed by atoms with E-state index in [4.69, 9.17) is 10.2 Å². The number of hydrogen-bond donors (Lipinski definition) is 1. The number of fused-ring (bicyclic) bond motifs is 1. The van der Waals surface area contributed by atoms with Crippen molar-refractivity contribution in [2.75, 3.05) is 5.73 Å². The number of hydrogen-bond acceptors (Lipinski definition) is 3. The van der Waals surface area contributed by atoms with Crippen LogP contribution in [-0.2, 0) is 6.42 Å². The van der Waals surface area contributed by atoms with Gasteiger partial charge in [-0.2, -0.15) is 0 Å². The highest BCUT2D eigenvalue weighted by molar-refractivity contribution is 5.77. The summed E-state index contributed by atoms with van der Waals surface area (Å²) in [4.78, 5) is 3.93. The fourth-order valence-corrected chi connectivity index (χ4v) is 1.96. The zero-order valence-electron chi connectivity index (χ0n) is 9.56. The summed E-state index contributed by atoms with van der Waals surface area (Å²) >= 11 is 0. The predicted molar refractivity (Wildman–Crippen MR) is 67.6 cm³/mol. The van der Waals surface area contributed by atoms with Crippen molar-refractivity contribution in [1.82, 2.24) is 4.98 Å². The van der Waals surface area contributed by atoms with Gasteiger partial charge in [0.2, 0.25) is 0 Å². The van der Waals surface area contributed by atoms with E-state index in [-0.39, 0.29) is 5.82 Å². The highest BCUT2D eigenvalue weighted by atomic mass is 19.1. The van der Waals surface area contributed by atoms with Gasteiger partial charge >= 0.3 is 0 Å². The summed E-state index contributed by atoms with van der Waals surface area (Å²) in [5, 5.41) is 0.770. The Labute approximate surface area is 103 Å². The quantitative estimate of drug-likeness (QED) is 0.751. The Kier molecular flexibility index (Phi) is 2.48. The van der Waals surface area contributed by atoms with Crippen LogP contribution < -0.4 is 5.73 Å². The van der Waals surface area contributed by atoms with Crippen molar-refractivity contribution < 1.29 is 8.81 Å². The van der Waals surface area contributed by atoms with Crippen molar-refractivity contribution in [2.45, 2.75) is 6.42 Å². The Hall–Kier alpha value is -2.36. The fraction of sp³-hybridized carbons (Fsp3) is 0.0714. The lowest BCUT2D eigenvalue weighted by atomic mass is 10.1. The number of nitrogen functional groups attached to an aromatic ring is 1. The normalized spacial score (nSPS) is 10.9. The van der Waals surface area contributed by atoms with Crippen LogP contribution in [0, 0.1) is 5.82 Å². The van der Waals surface area contributed by atoms with E-state index in [0.717, 1.165) is 16.7 Å². The molecule has 3 aromatic rings. The molecule has 3 nitrogen and oxygen atoms in total. The van der Waals surface area contributed by atoms with E-state index in [1.165, 1.54) is 12.1 Å². The van der Waals surface area contributed by atoms with Crippen molar-refractivity contribution in [3.8, 4) is 0 Å². The molecule has 0 aliphatic carbocycles. The number of aromatic nitrogens is 1. The SMILES string of the molecule is Nc1cc(Cc2cc3cc(F)ccc3o2)ccn1. The highest BCUT2D eigenvalue weighted by Gasteiger charge is 2.06. The summed E-state index contributed by atoms with van der Waals surface area (Å²) in [6, 6.07) is 10.0. The van der Waals surface area contributed by atoms with Gasteiger partial charge in [-0.15, -0.1) is 0 Å². The van der Waals surface area contributed by atoms with Crippen molar-refractivity contribution in [1.29, 1.82) is 0 Å². The molecule has 0 aliphatic heterocycles. The molecule has 0 bridgehead atoms. The van der Waals surface area contributed by atoms with Crippen LogP contribution in [0.25, 0.3) is 11.0 Å². The predicted octanol–water partition coefficient (Wildman–Crippen LogP) is 3.14. The zero-order chi connectivity index (χ0) is 12.5. The van der Waals surface area contributed by atoms with Gasteiger partial charge in [0.05, 0.1) is 0 Å². The average molecular weight is 242 g/mol. The Bertz CT molecular complexity index is 706. The fourth-order valence-electron chi connectivity index (χ4n) is 1.96. The summed E-state index contributed by atoms with van der Waals surface area (Å²) in [7, 11) is 0. The zero-order valence-corrected chi connectivity index (χ0v) is 9.56. The molecular formula is C14H11FN2O. The molecule has 0 unspecified atom stereocenters. The monoisotopic (exact) mass is 242 g/mol. The van der Waals surface area contributed by atoms with Gasteiger partial charge in [0.15, 0.2) is 0 Å². The molecular weight excluding hydrogens is 231 g/mol. The second-order valence-corrected chi connectivity index (χ2v) is 4.16. The minimum Gasteiger partial charge on any atom is -0.461 e. The van der Waals surface area contributed by atoms with E-state index in [2.05, 4.69) is 4.98 Å². The van der Waals surface area contributed by atoms with E-state index in [9.17, 15) is 4.39 Å². The molecule has 90 valence electrons. The molecule has 3 rings (SSSR count). The molecule has 4 heteroatoms. The number of furan rings is 1. The Balaban J connectivity index is 1.95. The Morgan fingerprint density at radius 3 is 2.89 bits per heavy atom. The molecule has 0 saturated carbocycles. The van der Waals surface area contributed by atoms with Crippen LogP contribution in [-0.4, -0.2) is 4.98 Å². The number of pyridine rings is 1. The third kappa shape index (κ3) is 2.05. The van der Waals surface area contributed by atoms with Crippen LogP contribution in [0.4, 0.5) is 10.2 Å². The molecule has 0 amide bonds. The third-order valence-corrected chi connectivity index (χ3v) is 2.75. The Morgan fingerprint density at radius 2 is 2.06 bits per heavy atom. The third-order valence-electron chi connectivity index (χ3n) is 2.75. The van der Waals surface area contributed by atoms with E-state index in [1.54, 1.807) is 18.3 Å². The standard InChI is InChI=1S/C14H11FN2O/c15-11-1-2-13-10(7-11)8-12(18-13)5-9-3-4-17-14(16)6-9/h1-4,6-8H,5H2,(H2,16,17). The van der Waals surface area contributed by atoms with E-state index in [1.807, 2.05) is 12.1 Å². The summed E-state index contributed by atoms with van der Waals surface area (Å²) in [5.74, 6) is 0.999. The van der Waals surface area contributed by atoms with Crippen molar-refractivity contribution in [3.05, 3.63) is 59.7 Å². The van der Waals surface area contributed by atoms with Crippen molar-refractivity contribution in [3.63, 3.8) is 0 Å². The molecule has 0 atom stereocenters. The molecule has 18 heavy (non-hydrogen) atoms. The van der Waals surface area contributed by atoms with Gasteiger partial charge in [0.25, 0.3) is 0 Å². The summed E-state index contributed by atoms with van der Waals surface area (Å²) in [6.45, 7) is 0. The summed E-state index contributed by atoms with van der Waals surface area (Å²) in [6.07, 6.45) is 2.27. The first-order valence-corrected chi connectivity index (χ1v) is 5.59. The number of anilines is 1. The molecule has 0 aliphatic rings. The first kappa shape index (κ1) is 10.8. The van der Waals surface area contributed by atoms with Crippen LogP contribution in [0.1, 0.15) is 11.3 Å². The van der Waals surface area contributed by atoms with E-state index >= 15 is 0 Å². The maximum atomic E-state index is 13.1.